The molecule has 168 valence electrons. The lowest BCUT2D eigenvalue weighted by Gasteiger charge is -2.27. The molecule has 3 N–H and O–H groups in total. The molecule has 4 rings (SSSR count). The van der Waals surface area contributed by atoms with Crippen molar-refractivity contribution in [1.82, 2.24) is 15.3 Å². The molecule has 7 heteroatoms. The number of anilines is 2. The third kappa shape index (κ3) is 5.10. The van der Waals surface area contributed by atoms with E-state index in [0.29, 0.717) is 12.1 Å². The Bertz CT molecular complexity index is 1070. The van der Waals surface area contributed by atoms with Crippen LogP contribution in [0.25, 0.3) is 10.9 Å². The number of aromatic amines is 1. The van der Waals surface area contributed by atoms with Gasteiger partial charge in [0.15, 0.2) is 0 Å². The van der Waals surface area contributed by atoms with E-state index in [1.54, 1.807) is 6.20 Å². The molecular formula is C25H31N5O2. The first kappa shape index (κ1) is 21.9. The highest BCUT2D eigenvalue weighted by molar-refractivity contribution is 5.98. The van der Waals surface area contributed by atoms with E-state index in [2.05, 4.69) is 25.5 Å². The molecule has 1 unspecified atom stereocenters. The van der Waals surface area contributed by atoms with Gasteiger partial charge in [0.2, 0.25) is 11.8 Å². The van der Waals surface area contributed by atoms with Crippen LogP contribution in [-0.4, -0.2) is 40.9 Å². The minimum atomic E-state index is -0.689. The summed E-state index contributed by atoms with van der Waals surface area (Å²) in [7, 11) is 0. The van der Waals surface area contributed by atoms with Crippen molar-refractivity contribution >= 4 is 34.2 Å². The van der Waals surface area contributed by atoms with Crippen molar-refractivity contribution < 1.29 is 9.59 Å². The molecule has 3 heterocycles. The molecule has 1 aliphatic rings. The Morgan fingerprint density at radius 2 is 1.84 bits per heavy atom. The first-order chi connectivity index (χ1) is 15.5. The lowest BCUT2D eigenvalue weighted by molar-refractivity contribution is -0.128. The Balaban J connectivity index is 1.48. The predicted octanol–water partition coefficient (Wildman–Crippen LogP) is 3.88. The molecule has 0 aliphatic carbocycles. The minimum Gasteiger partial charge on any atom is -0.361 e. The summed E-state index contributed by atoms with van der Waals surface area (Å²) in [6.45, 7) is 5.68. The number of amides is 2. The van der Waals surface area contributed by atoms with Crippen molar-refractivity contribution in [2.45, 2.75) is 45.6 Å². The molecule has 0 saturated carbocycles. The zero-order chi connectivity index (χ0) is 22.5. The zero-order valence-corrected chi connectivity index (χ0v) is 18.7. The van der Waals surface area contributed by atoms with Gasteiger partial charge in [-0.25, -0.2) is 4.98 Å². The summed E-state index contributed by atoms with van der Waals surface area (Å²) in [5.41, 5.74) is 2.62. The maximum Gasteiger partial charge on any atom is 0.247 e. The molecule has 0 spiro atoms. The number of carbonyl (C=O) groups is 2. The molecule has 32 heavy (non-hydrogen) atoms. The number of benzene rings is 1. The zero-order valence-electron chi connectivity index (χ0n) is 18.7. The highest BCUT2D eigenvalue weighted by Gasteiger charge is 2.24. The number of aromatic nitrogens is 2. The molecule has 7 nitrogen and oxygen atoms in total. The molecule has 1 atom stereocenters. The molecule has 0 bridgehead atoms. The summed E-state index contributed by atoms with van der Waals surface area (Å²) < 4.78 is 0. The number of nitrogens with one attached hydrogen (secondary N) is 3. The first-order valence-corrected chi connectivity index (χ1v) is 11.4. The van der Waals surface area contributed by atoms with E-state index < -0.39 is 6.04 Å². The Hall–Kier alpha value is -3.35. The third-order valence-electron chi connectivity index (χ3n) is 5.95. The van der Waals surface area contributed by atoms with Crippen LogP contribution in [-0.2, 0) is 16.0 Å². The maximum atomic E-state index is 13.1. The van der Waals surface area contributed by atoms with E-state index in [9.17, 15) is 9.59 Å². The highest BCUT2D eigenvalue weighted by atomic mass is 16.2. The standard InChI is InChI=1S/C25H31N5O2/c1-17(2)24(31)29-22(14-18-15-26-21-9-5-4-8-20(18)21)25(32)28-19-10-11-23(27-16-19)30-12-6-3-7-13-30/h4-5,8-11,15-17,22,26H,3,6-7,12-14H2,1-2H3,(H,28,32)(H,29,31). The number of piperidine rings is 1. The quantitative estimate of drug-likeness (QED) is 0.528. The lowest BCUT2D eigenvalue weighted by Crippen LogP contribution is -2.46. The molecule has 3 aromatic rings. The maximum absolute atomic E-state index is 13.1. The van der Waals surface area contributed by atoms with Gasteiger partial charge in [0.25, 0.3) is 0 Å². The van der Waals surface area contributed by atoms with Gasteiger partial charge in [0, 0.05) is 42.5 Å². The molecular weight excluding hydrogens is 402 g/mol. The van der Waals surface area contributed by atoms with Crippen molar-refractivity contribution in [3.8, 4) is 0 Å². The van der Waals surface area contributed by atoms with Crippen LogP contribution in [0.4, 0.5) is 11.5 Å². The number of pyridine rings is 1. The molecule has 1 aromatic carbocycles. The van der Waals surface area contributed by atoms with Crippen molar-refractivity contribution in [3.05, 3.63) is 54.4 Å². The molecule has 1 aliphatic heterocycles. The number of nitrogens with zero attached hydrogens (tertiary/aromatic N) is 2. The van der Waals surface area contributed by atoms with Gasteiger partial charge >= 0.3 is 0 Å². The number of rotatable bonds is 7. The number of hydrogen-bond donors (Lipinski definition) is 3. The van der Waals surface area contributed by atoms with Crippen molar-refractivity contribution in [2.75, 3.05) is 23.3 Å². The van der Waals surface area contributed by atoms with Gasteiger partial charge < -0.3 is 20.5 Å². The summed E-state index contributed by atoms with van der Waals surface area (Å²) in [5.74, 6) is 0.324. The van der Waals surface area contributed by atoms with Crippen LogP contribution in [0, 0.1) is 5.92 Å². The Labute approximate surface area is 188 Å². The molecule has 2 aromatic heterocycles. The van der Waals surface area contributed by atoms with E-state index >= 15 is 0 Å². The molecule has 1 saturated heterocycles. The van der Waals surface area contributed by atoms with Crippen LogP contribution in [0.15, 0.2) is 48.8 Å². The van der Waals surface area contributed by atoms with Crippen LogP contribution in [0.1, 0.15) is 38.7 Å². The Kier molecular flexibility index (Phi) is 6.73. The van der Waals surface area contributed by atoms with Crippen molar-refractivity contribution in [3.63, 3.8) is 0 Å². The predicted molar refractivity (Wildman–Crippen MR) is 128 cm³/mol. The van der Waals surface area contributed by atoms with Crippen molar-refractivity contribution in [1.29, 1.82) is 0 Å². The van der Waals surface area contributed by atoms with Crippen molar-refractivity contribution in [2.24, 2.45) is 5.92 Å². The van der Waals surface area contributed by atoms with E-state index in [4.69, 9.17) is 0 Å². The van der Waals surface area contributed by atoms with Gasteiger partial charge in [-0.05, 0) is 43.0 Å². The molecule has 0 radical (unpaired) electrons. The summed E-state index contributed by atoms with van der Waals surface area (Å²) in [6.07, 6.45) is 7.63. The number of fused-ring (bicyclic) bond motifs is 1. The topological polar surface area (TPSA) is 90.1 Å². The SMILES string of the molecule is CC(C)C(=O)NC(Cc1c[nH]c2ccccc12)C(=O)Nc1ccc(N2CCCCC2)nc1. The smallest absolute Gasteiger partial charge is 0.247 e. The van der Waals surface area contributed by atoms with E-state index in [1.807, 2.05) is 56.4 Å². The fraction of sp³-hybridized carbons (Fsp3) is 0.400. The second kappa shape index (κ2) is 9.85. The fourth-order valence-electron chi connectivity index (χ4n) is 4.07. The summed E-state index contributed by atoms with van der Waals surface area (Å²) in [4.78, 5) is 35.6. The largest absolute Gasteiger partial charge is 0.361 e. The van der Waals surface area contributed by atoms with Gasteiger partial charge in [0.1, 0.15) is 11.9 Å². The van der Waals surface area contributed by atoms with E-state index in [-0.39, 0.29) is 17.7 Å². The van der Waals surface area contributed by atoms with Gasteiger partial charge in [-0.3, -0.25) is 9.59 Å². The number of H-pyrrole nitrogens is 1. The van der Waals surface area contributed by atoms with Gasteiger partial charge in [-0.15, -0.1) is 0 Å². The van der Waals surface area contributed by atoms with Gasteiger partial charge in [-0.1, -0.05) is 32.0 Å². The van der Waals surface area contributed by atoms with Crippen LogP contribution in [0.5, 0.6) is 0 Å². The second-order valence-corrected chi connectivity index (χ2v) is 8.72. The van der Waals surface area contributed by atoms with E-state index in [0.717, 1.165) is 35.4 Å². The number of para-hydroxylation sites is 1. The van der Waals surface area contributed by atoms with E-state index in [1.165, 1.54) is 19.3 Å². The van der Waals surface area contributed by atoms with Crippen LogP contribution in [0.3, 0.4) is 0 Å². The average Bonchev–Trinajstić information content (AvgIpc) is 3.22. The monoisotopic (exact) mass is 433 g/mol. The van der Waals surface area contributed by atoms with Crippen LogP contribution in [0.2, 0.25) is 0 Å². The normalized spacial score (nSPS) is 15.0. The molecule has 1 fully saturated rings. The second-order valence-electron chi connectivity index (χ2n) is 8.72. The van der Waals surface area contributed by atoms with Gasteiger partial charge in [0.05, 0.1) is 11.9 Å². The third-order valence-corrected chi connectivity index (χ3v) is 5.95. The Morgan fingerprint density at radius 3 is 2.56 bits per heavy atom. The average molecular weight is 434 g/mol. The van der Waals surface area contributed by atoms with Gasteiger partial charge in [-0.2, -0.15) is 0 Å². The number of carbonyl (C=O) groups excluding carboxylic acids is 2. The summed E-state index contributed by atoms with van der Waals surface area (Å²) in [5, 5.41) is 6.89. The lowest BCUT2D eigenvalue weighted by atomic mass is 10.0. The first-order valence-electron chi connectivity index (χ1n) is 11.4. The summed E-state index contributed by atoms with van der Waals surface area (Å²) >= 11 is 0. The summed E-state index contributed by atoms with van der Waals surface area (Å²) in [6, 6.07) is 11.1. The number of hydrogen-bond acceptors (Lipinski definition) is 4. The van der Waals surface area contributed by atoms with Crippen LogP contribution < -0.4 is 15.5 Å². The Morgan fingerprint density at radius 1 is 1.06 bits per heavy atom. The minimum absolute atomic E-state index is 0.149. The van der Waals surface area contributed by atoms with Crippen LogP contribution >= 0.6 is 0 Å². The molecule has 2 amide bonds. The highest BCUT2D eigenvalue weighted by Crippen LogP contribution is 2.21. The fourth-order valence-corrected chi connectivity index (χ4v) is 4.07.